The molecule has 0 aliphatic rings. The Morgan fingerprint density at radius 2 is 2.22 bits per heavy atom. The third-order valence-electron chi connectivity index (χ3n) is 2.66. The van der Waals surface area contributed by atoms with Crippen molar-refractivity contribution in [2.75, 3.05) is 7.11 Å². The van der Waals surface area contributed by atoms with Gasteiger partial charge in [0.1, 0.15) is 11.3 Å². The van der Waals surface area contributed by atoms with Crippen LogP contribution in [0.5, 0.6) is 0 Å². The zero-order valence-corrected chi connectivity index (χ0v) is 11.3. The maximum Gasteiger partial charge on any atom is 0.159 e. The molecular weight excluding hydrogens is 252 g/mol. The van der Waals surface area contributed by atoms with E-state index in [-0.39, 0.29) is 6.10 Å². The quantitative estimate of drug-likeness (QED) is 0.799. The average Bonchev–Trinajstić information content (AvgIpc) is 2.77. The fraction of sp³-hybridized carbons (Fsp3) is 0.417. The smallest absolute Gasteiger partial charge is 0.159 e. The molecule has 0 aliphatic carbocycles. The molecule has 0 spiro atoms. The Morgan fingerprint density at radius 1 is 1.44 bits per heavy atom. The molecule has 1 atom stereocenters. The first-order valence-electron chi connectivity index (χ1n) is 5.70. The molecule has 0 saturated carbocycles. The van der Waals surface area contributed by atoms with Gasteiger partial charge in [-0.05, 0) is 6.42 Å². The summed E-state index contributed by atoms with van der Waals surface area (Å²) < 4.78 is 7.05. The van der Waals surface area contributed by atoms with E-state index in [1.165, 1.54) is 0 Å². The van der Waals surface area contributed by atoms with Gasteiger partial charge in [-0.1, -0.05) is 18.5 Å². The molecule has 0 fully saturated rings. The second-order valence-electron chi connectivity index (χ2n) is 3.97. The van der Waals surface area contributed by atoms with Gasteiger partial charge in [-0.25, -0.2) is 9.97 Å². The van der Waals surface area contributed by atoms with Crippen LogP contribution in [0.2, 0.25) is 5.15 Å². The lowest BCUT2D eigenvalue weighted by atomic mass is 10.2. The van der Waals surface area contributed by atoms with Crippen molar-refractivity contribution in [2.45, 2.75) is 19.4 Å². The molecule has 2 rings (SSSR count). The van der Waals surface area contributed by atoms with Gasteiger partial charge in [-0.2, -0.15) is 5.10 Å². The lowest BCUT2D eigenvalue weighted by Crippen LogP contribution is -2.06. The van der Waals surface area contributed by atoms with Crippen LogP contribution in [-0.4, -0.2) is 26.9 Å². The van der Waals surface area contributed by atoms with Gasteiger partial charge in [0.05, 0.1) is 11.9 Å². The third kappa shape index (κ3) is 2.68. The Morgan fingerprint density at radius 3 is 2.78 bits per heavy atom. The van der Waals surface area contributed by atoms with E-state index in [1.54, 1.807) is 24.1 Å². The molecule has 96 valence electrons. The molecule has 6 heteroatoms. The summed E-state index contributed by atoms with van der Waals surface area (Å²) >= 11 is 6.03. The van der Waals surface area contributed by atoms with Crippen molar-refractivity contribution in [1.82, 2.24) is 19.7 Å². The Hall–Kier alpha value is -1.46. The van der Waals surface area contributed by atoms with Gasteiger partial charge in [0, 0.05) is 32.0 Å². The lowest BCUT2D eigenvalue weighted by Gasteiger charge is -2.12. The van der Waals surface area contributed by atoms with Crippen LogP contribution in [-0.2, 0) is 11.8 Å². The van der Waals surface area contributed by atoms with Crippen LogP contribution in [0, 0.1) is 0 Å². The molecule has 0 aromatic carbocycles. The van der Waals surface area contributed by atoms with Crippen LogP contribution in [0.3, 0.4) is 0 Å². The molecule has 0 amide bonds. The molecular formula is C12H15ClN4O. The fourth-order valence-electron chi connectivity index (χ4n) is 1.74. The maximum atomic E-state index is 6.03. The number of methoxy groups -OCH3 is 1. The summed E-state index contributed by atoms with van der Waals surface area (Å²) in [6.07, 6.45) is 4.29. The molecule has 1 unspecified atom stereocenters. The van der Waals surface area contributed by atoms with Crippen LogP contribution in [0.25, 0.3) is 11.3 Å². The maximum absolute atomic E-state index is 6.03. The highest BCUT2D eigenvalue weighted by atomic mass is 35.5. The van der Waals surface area contributed by atoms with E-state index in [4.69, 9.17) is 16.3 Å². The molecule has 0 N–H and O–H groups in total. The standard InChI is InChI=1S/C12H15ClN4O/c1-4-10(18-3)12-15-9(5-11(13)16-12)8-6-14-17(2)7-8/h5-7,10H,4H2,1-3H3. The van der Waals surface area contributed by atoms with Gasteiger partial charge in [-0.15, -0.1) is 0 Å². The first kappa shape index (κ1) is 13.0. The number of rotatable bonds is 4. The molecule has 0 aliphatic heterocycles. The summed E-state index contributed by atoms with van der Waals surface area (Å²) in [5.41, 5.74) is 1.67. The summed E-state index contributed by atoms with van der Waals surface area (Å²) in [6.45, 7) is 2.02. The average molecular weight is 267 g/mol. The minimum absolute atomic E-state index is 0.140. The minimum Gasteiger partial charge on any atom is -0.373 e. The molecule has 5 nitrogen and oxygen atoms in total. The monoisotopic (exact) mass is 266 g/mol. The number of aryl methyl sites for hydroxylation is 1. The number of nitrogens with zero attached hydrogens (tertiary/aromatic N) is 4. The number of ether oxygens (including phenoxy) is 1. The summed E-state index contributed by atoms with van der Waals surface area (Å²) in [7, 11) is 3.50. The van der Waals surface area contributed by atoms with E-state index < -0.39 is 0 Å². The van der Waals surface area contributed by atoms with Gasteiger partial charge in [0.15, 0.2) is 5.82 Å². The lowest BCUT2D eigenvalue weighted by molar-refractivity contribution is 0.0927. The highest BCUT2D eigenvalue weighted by Crippen LogP contribution is 2.23. The molecule has 18 heavy (non-hydrogen) atoms. The Balaban J connectivity index is 2.43. The van der Waals surface area contributed by atoms with E-state index >= 15 is 0 Å². The largest absolute Gasteiger partial charge is 0.373 e. The molecule has 0 radical (unpaired) electrons. The fourth-order valence-corrected chi connectivity index (χ4v) is 1.93. The van der Waals surface area contributed by atoms with Crippen LogP contribution < -0.4 is 0 Å². The first-order chi connectivity index (χ1) is 8.63. The molecule has 2 heterocycles. The summed E-state index contributed by atoms with van der Waals surface area (Å²) in [6, 6.07) is 1.73. The highest BCUT2D eigenvalue weighted by molar-refractivity contribution is 6.29. The number of hydrogen-bond donors (Lipinski definition) is 0. The van der Waals surface area contributed by atoms with Crippen molar-refractivity contribution in [2.24, 2.45) is 7.05 Å². The number of aromatic nitrogens is 4. The molecule has 2 aromatic heterocycles. The Bertz CT molecular complexity index is 537. The van der Waals surface area contributed by atoms with Crippen molar-refractivity contribution in [3.63, 3.8) is 0 Å². The second kappa shape index (κ2) is 5.46. The van der Waals surface area contributed by atoms with E-state index in [0.29, 0.717) is 11.0 Å². The first-order valence-corrected chi connectivity index (χ1v) is 6.08. The Kier molecular flexibility index (Phi) is 3.93. The second-order valence-corrected chi connectivity index (χ2v) is 4.36. The normalized spacial score (nSPS) is 12.7. The summed E-state index contributed by atoms with van der Waals surface area (Å²) in [5.74, 6) is 0.603. The van der Waals surface area contributed by atoms with Crippen molar-refractivity contribution in [3.8, 4) is 11.3 Å². The number of halogens is 1. The summed E-state index contributed by atoms with van der Waals surface area (Å²) in [4.78, 5) is 8.70. The molecule has 0 bridgehead atoms. The molecule has 2 aromatic rings. The number of hydrogen-bond acceptors (Lipinski definition) is 4. The van der Waals surface area contributed by atoms with Crippen molar-refractivity contribution < 1.29 is 4.74 Å². The van der Waals surface area contributed by atoms with Gasteiger partial charge in [0.2, 0.25) is 0 Å². The van der Waals surface area contributed by atoms with Crippen molar-refractivity contribution in [1.29, 1.82) is 0 Å². The van der Waals surface area contributed by atoms with Gasteiger partial charge >= 0.3 is 0 Å². The van der Waals surface area contributed by atoms with Gasteiger partial charge in [0.25, 0.3) is 0 Å². The van der Waals surface area contributed by atoms with Crippen molar-refractivity contribution in [3.05, 3.63) is 29.4 Å². The van der Waals surface area contributed by atoms with Crippen LogP contribution in [0.1, 0.15) is 25.3 Å². The zero-order chi connectivity index (χ0) is 13.1. The zero-order valence-electron chi connectivity index (χ0n) is 10.6. The van der Waals surface area contributed by atoms with Crippen LogP contribution in [0.4, 0.5) is 0 Å². The Labute approximate surface area is 111 Å². The topological polar surface area (TPSA) is 52.8 Å². The third-order valence-corrected chi connectivity index (χ3v) is 2.85. The predicted molar refractivity (Wildman–Crippen MR) is 69.3 cm³/mol. The van der Waals surface area contributed by atoms with Crippen molar-refractivity contribution >= 4 is 11.6 Å². The molecule has 0 saturated heterocycles. The van der Waals surface area contributed by atoms with Gasteiger partial charge < -0.3 is 4.74 Å². The van der Waals surface area contributed by atoms with Gasteiger partial charge in [-0.3, -0.25) is 4.68 Å². The van der Waals surface area contributed by atoms with E-state index in [2.05, 4.69) is 15.1 Å². The van der Waals surface area contributed by atoms with Crippen LogP contribution in [0.15, 0.2) is 18.5 Å². The SMILES string of the molecule is CCC(OC)c1nc(Cl)cc(-c2cnn(C)c2)n1. The summed E-state index contributed by atoms with van der Waals surface area (Å²) in [5, 5.41) is 4.53. The van der Waals surface area contributed by atoms with E-state index in [0.717, 1.165) is 17.7 Å². The van der Waals surface area contributed by atoms with Crippen LogP contribution >= 0.6 is 11.6 Å². The highest BCUT2D eigenvalue weighted by Gasteiger charge is 2.14. The predicted octanol–water partition coefficient (Wildman–Crippen LogP) is 2.63. The minimum atomic E-state index is -0.140. The van der Waals surface area contributed by atoms with E-state index in [1.807, 2.05) is 20.2 Å². The van der Waals surface area contributed by atoms with E-state index in [9.17, 15) is 0 Å².